The predicted molar refractivity (Wildman–Crippen MR) is 139 cm³/mol. The highest BCUT2D eigenvalue weighted by atomic mass is 32.2. The molecule has 4 aliphatic rings. The summed E-state index contributed by atoms with van der Waals surface area (Å²) in [6.07, 6.45) is 17.0. The number of ether oxygens (including phenoxy) is 1. The maximum Gasteiger partial charge on any atom is 0.179 e. The molecule has 0 aliphatic heterocycles. The lowest BCUT2D eigenvalue weighted by atomic mass is 9.40. The van der Waals surface area contributed by atoms with Crippen LogP contribution in [0, 0.1) is 40.4 Å². The fourth-order valence-corrected chi connectivity index (χ4v) is 9.87. The molecule has 0 saturated heterocycles. The van der Waals surface area contributed by atoms with Crippen molar-refractivity contribution in [1.29, 1.82) is 0 Å². The second-order valence-electron chi connectivity index (χ2n) is 12.4. The minimum atomic E-state index is 0.0652. The lowest BCUT2D eigenvalue weighted by Crippen LogP contribution is -2.69. The molecule has 8 atom stereocenters. The topological polar surface area (TPSA) is 47.3 Å². The number of hydrogen-bond donors (Lipinski definition) is 2. The highest BCUT2D eigenvalue weighted by Crippen LogP contribution is 2.69. The van der Waals surface area contributed by atoms with Gasteiger partial charge >= 0.3 is 0 Å². The normalized spacial score (nSPS) is 45.5. The minimum absolute atomic E-state index is 0.0652. The SMILES string of the molecule is C=C(NCCSC)OCCCC1CCC2C1(C)CC[C@@H]1C3(C)CCCCC3[C@@H](C)CC21N. The van der Waals surface area contributed by atoms with E-state index in [1.165, 1.54) is 64.2 Å². The Balaban J connectivity index is 1.37. The van der Waals surface area contributed by atoms with Crippen molar-refractivity contribution in [2.45, 2.75) is 96.9 Å². The summed E-state index contributed by atoms with van der Waals surface area (Å²) in [5, 5.41) is 3.28. The Bertz CT molecular complexity index is 670. The van der Waals surface area contributed by atoms with Gasteiger partial charge in [-0.15, -0.1) is 0 Å². The number of nitrogens with two attached hydrogens (primary N) is 1. The van der Waals surface area contributed by atoms with Gasteiger partial charge in [0.2, 0.25) is 0 Å². The molecule has 4 heteroatoms. The third kappa shape index (κ3) is 4.25. The van der Waals surface area contributed by atoms with Gasteiger partial charge in [-0.3, -0.25) is 0 Å². The summed E-state index contributed by atoms with van der Waals surface area (Å²) in [5.41, 5.74) is 8.57. The van der Waals surface area contributed by atoms with E-state index in [4.69, 9.17) is 10.5 Å². The van der Waals surface area contributed by atoms with E-state index in [1.54, 1.807) is 0 Å². The molecule has 4 rings (SSSR count). The Morgan fingerprint density at radius 1 is 1.09 bits per heavy atom. The van der Waals surface area contributed by atoms with Gasteiger partial charge < -0.3 is 15.8 Å². The fourth-order valence-electron chi connectivity index (χ4n) is 9.56. The zero-order chi connectivity index (χ0) is 23.0. The van der Waals surface area contributed by atoms with Gasteiger partial charge in [0.15, 0.2) is 5.88 Å². The van der Waals surface area contributed by atoms with Crippen LogP contribution >= 0.6 is 11.8 Å². The van der Waals surface area contributed by atoms with E-state index in [1.807, 2.05) is 11.8 Å². The standard InChI is InChI=1S/C28H50N2OS/c1-20-19-28(29)24-12-11-22(9-8-17-31-21(2)30-16-18-32-5)26(24,3)15-13-25(28)27(4)14-7-6-10-23(20)27/h20,22-25,30H,2,6-19,29H2,1,3-5H3/t20-,22?,23?,24?,25+,26?,27?,28?/m0/s1. The van der Waals surface area contributed by atoms with Crippen LogP contribution in [-0.4, -0.2) is 30.7 Å². The second kappa shape index (κ2) is 9.72. The molecule has 0 amide bonds. The van der Waals surface area contributed by atoms with E-state index < -0.39 is 0 Å². The second-order valence-corrected chi connectivity index (χ2v) is 13.4. The molecule has 0 aromatic rings. The lowest BCUT2D eigenvalue weighted by molar-refractivity contribution is -0.146. The molecular weight excluding hydrogens is 412 g/mol. The molecule has 0 spiro atoms. The van der Waals surface area contributed by atoms with Gasteiger partial charge in [-0.2, -0.15) is 11.8 Å². The molecule has 32 heavy (non-hydrogen) atoms. The average Bonchev–Trinajstić information content (AvgIpc) is 3.08. The number of nitrogens with one attached hydrogen (secondary N) is 1. The summed E-state index contributed by atoms with van der Waals surface area (Å²) >= 11 is 1.84. The maximum absolute atomic E-state index is 7.59. The van der Waals surface area contributed by atoms with Gasteiger partial charge in [-0.1, -0.05) is 33.6 Å². The van der Waals surface area contributed by atoms with E-state index in [9.17, 15) is 0 Å². The monoisotopic (exact) mass is 462 g/mol. The smallest absolute Gasteiger partial charge is 0.179 e. The van der Waals surface area contributed by atoms with E-state index in [-0.39, 0.29) is 5.54 Å². The van der Waals surface area contributed by atoms with Crippen LogP contribution in [0.4, 0.5) is 0 Å². The number of hydrogen-bond acceptors (Lipinski definition) is 4. The number of thioether (sulfide) groups is 1. The average molecular weight is 463 g/mol. The lowest BCUT2D eigenvalue weighted by Gasteiger charge is -2.66. The summed E-state index contributed by atoms with van der Waals surface area (Å²) in [5.74, 6) is 5.79. The first-order valence-corrected chi connectivity index (χ1v) is 15.0. The Hall–Kier alpha value is -0.350. The summed E-state index contributed by atoms with van der Waals surface area (Å²) in [7, 11) is 0. The van der Waals surface area contributed by atoms with Crippen LogP contribution < -0.4 is 11.1 Å². The van der Waals surface area contributed by atoms with E-state index in [0.717, 1.165) is 54.9 Å². The molecule has 3 nitrogen and oxygen atoms in total. The van der Waals surface area contributed by atoms with E-state index in [0.29, 0.717) is 16.7 Å². The summed E-state index contributed by atoms with van der Waals surface area (Å²) in [6, 6.07) is 0. The van der Waals surface area contributed by atoms with E-state index in [2.05, 4.69) is 38.9 Å². The van der Waals surface area contributed by atoms with Gasteiger partial charge in [0.25, 0.3) is 0 Å². The maximum atomic E-state index is 7.59. The van der Waals surface area contributed by atoms with Gasteiger partial charge in [0.1, 0.15) is 0 Å². The van der Waals surface area contributed by atoms with Crippen LogP contribution in [0.25, 0.3) is 0 Å². The van der Waals surface area contributed by atoms with Crippen LogP contribution in [0.2, 0.25) is 0 Å². The van der Waals surface area contributed by atoms with Gasteiger partial charge in [0, 0.05) is 17.8 Å². The zero-order valence-corrected chi connectivity index (χ0v) is 22.2. The zero-order valence-electron chi connectivity index (χ0n) is 21.4. The molecule has 3 N–H and O–H groups in total. The molecular formula is C28H50N2OS. The molecule has 4 fully saturated rings. The highest BCUT2D eigenvalue weighted by molar-refractivity contribution is 7.98. The minimum Gasteiger partial charge on any atom is -0.480 e. The van der Waals surface area contributed by atoms with Crippen molar-refractivity contribution in [2.24, 2.45) is 46.2 Å². The Morgan fingerprint density at radius 3 is 2.66 bits per heavy atom. The first-order chi connectivity index (χ1) is 15.3. The van der Waals surface area contributed by atoms with Crippen molar-refractivity contribution in [3.63, 3.8) is 0 Å². The molecule has 0 aromatic carbocycles. The Labute approximate surface area is 202 Å². The third-order valence-corrected chi connectivity index (χ3v) is 11.5. The molecule has 0 radical (unpaired) electrons. The van der Waals surface area contributed by atoms with Crippen LogP contribution in [0.1, 0.15) is 91.4 Å². The quantitative estimate of drug-likeness (QED) is 0.300. The Kier molecular flexibility index (Phi) is 7.52. The Morgan fingerprint density at radius 2 is 1.88 bits per heavy atom. The van der Waals surface area contributed by atoms with Crippen molar-refractivity contribution < 1.29 is 4.74 Å². The fraction of sp³-hybridized carbons (Fsp3) is 0.929. The predicted octanol–water partition coefficient (Wildman–Crippen LogP) is 6.58. The van der Waals surface area contributed by atoms with Crippen molar-refractivity contribution in [2.75, 3.05) is 25.2 Å². The van der Waals surface area contributed by atoms with Crippen molar-refractivity contribution >= 4 is 11.8 Å². The van der Waals surface area contributed by atoms with Crippen molar-refractivity contribution in [1.82, 2.24) is 5.32 Å². The summed E-state index contributed by atoms with van der Waals surface area (Å²) in [4.78, 5) is 0. The number of fused-ring (bicyclic) bond motifs is 5. The molecule has 4 saturated carbocycles. The highest BCUT2D eigenvalue weighted by Gasteiger charge is 2.66. The number of rotatable bonds is 9. The largest absolute Gasteiger partial charge is 0.480 e. The first-order valence-electron chi connectivity index (χ1n) is 13.6. The molecule has 184 valence electrons. The summed E-state index contributed by atoms with van der Waals surface area (Å²) < 4.78 is 5.87. The van der Waals surface area contributed by atoms with E-state index >= 15 is 0 Å². The molecule has 4 aliphatic carbocycles. The van der Waals surface area contributed by atoms with Gasteiger partial charge in [-0.05, 0) is 111 Å². The molecule has 0 bridgehead atoms. The van der Waals surface area contributed by atoms with Crippen LogP contribution in [0.3, 0.4) is 0 Å². The third-order valence-electron chi connectivity index (χ3n) is 10.9. The molecule has 0 aromatic heterocycles. The van der Waals surface area contributed by atoms with Crippen LogP contribution in [-0.2, 0) is 4.74 Å². The first kappa shape index (κ1) is 24.8. The van der Waals surface area contributed by atoms with Crippen LogP contribution in [0.5, 0.6) is 0 Å². The molecule has 0 heterocycles. The van der Waals surface area contributed by atoms with Crippen molar-refractivity contribution in [3.8, 4) is 0 Å². The summed E-state index contributed by atoms with van der Waals surface area (Å²) in [6.45, 7) is 13.5. The molecule has 6 unspecified atom stereocenters. The van der Waals surface area contributed by atoms with Gasteiger partial charge in [0.05, 0.1) is 6.61 Å². The van der Waals surface area contributed by atoms with Gasteiger partial charge in [-0.25, -0.2) is 0 Å². The van der Waals surface area contributed by atoms with Crippen LogP contribution in [0.15, 0.2) is 12.5 Å². The van der Waals surface area contributed by atoms with Crippen molar-refractivity contribution in [3.05, 3.63) is 12.5 Å².